The zero-order chi connectivity index (χ0) is 19.8. The third-order valence-corrected chi connectivity index (χ3v) is 5.38. The molecule has 0 aliphatic carbocycles. The Kier molecular flexibility index (Phi) is 4.46. The van der Waals surface area contributed by atoms with Crippen molar-refractivity contribution >= 4 is 51.6 Å². The Morgan fingerprint density at radius 1 is 0.897 bits per heavy atom. The summed E-state index contributed by atoms with van der Waals surface area (Å²) < 4.78 is 2.06. The maximum absolute atomic E-state index is 6.01. The molecule has 0 aliphatic rings. The van der Waals surface area contributed by atoms with E-state index in [1.807, 2.05) is 54.7 Å². The topological polar surface area (TPSA) is 46.0 Å². The van der Waals surface area contributed by atoms with E-state index in [0.717, 1.165) is 21.9 Å². The molecule has 5 rings (SSSR count). The lowest BCUT2D eigenvalue weighted by Gasteiger charge is -2.08. The molecule has 6 heteroatoms. The molecule has 1 N–H and O–H groups in total. The molecule has 4 nitrogen and oxygen atoms in total. The smallest absolute Gasteiger partial charge is 0.216 e. The molecule has 0 amide bonds. The Balaban J connectivity index is 1.70. The largest absolute Gasteiger partial charge is 0.250 e. The first-order chi connectivity index (χ1) is 14.2. The summed E-state index contributed by atoms with van der Waals surface area (Å²) in [5.74, 6) is 0.632. The first-order valence-electron chi connectivity index (χ1n) is 9.09. The minimum Gasteiger partial charge on any atom is -0.250 e. The summed E-state index contributed by atoms with van der Waals surface area (Å²) in [5.41, 5.74) is 1.92. The summed E-state index contributed by atoms with van der Waals surface area (Å²) in [6, 6.07) is 26.2. The summed E-state index contributed by atoms with van der Waals surface area (Å²) in [7, 11) is 0. The van der Waals surface area contributed by atoms with E-state index in [1.165, 1.54) is 10.8 Å². The van der Waals surface area contributed by atoms with Crippen molar-refractivity contribution in [2.45, 2.75) is 0 Å². The van der Waals surface area contributed by atoms with E-state index >= 15 is 0 Å². The van der Waals surface area contributed by atoms with Crippen LogP contribution in [0.4, 0.5) is 0 Å². The number of rotatable bonds is 3. The molecule has 0 saturated heterocycles. The lowest BCUT2D eigenvalue weighted by molar-refractivity contribution is 0.872. The SMILES string of the molecule is S=c1[nH]nc(-c2ccc(Cl)cc2)n1/N=C/c1c2ccccc2cc2ccccc12. The molecular weight excluding hydrogens is 400 g/mol. The van der Waals surface area contributed by atoms with Crippen LogP contribution >= 0.6 is 23.8 Å². The molecule has 29 heavy (non-hydrogen) atoms. The molecule has 4 aromatic carbocycles. The molecule has 0 atom stereocenters. The van der Waals surface area contributed by atoms with Crippen LogP contribution in [-0.4, -0.2) is 21.1 Å². The number of fused-ring (bicyclic) bond motifs is 2. The Labute approximate surface area is 177 Å². The Hall–Kier alpha value is -3.28. The molecule has 140 valence electrons. The summed E-state index contributed by atoms with van der Waals surface area (Å²) in [6.45, 7) is 0. The second kappa shape index (κ2) is 7.28. The zero-order valence-electron chi connectivity index (χ0n) is 15.2. The number of aromatic amines is 1. The molecule has 0 spiro atoms. The standard InChI is InChI=1S/C23H15ClN4S/c24-18-11-9-15(10-12-18)22-26-27-23(29)28(22)25-14-21-19-7-3-1-5-16(19)13-17-6-2-4-8-20(17)21/h1-14H,(H,27,29)/b25-14+. The van der Waals surface area contributed by atoms with Gasteiger partial charge in [0.2, 0.25) is 4.77 Å². The predicted molar refractivity (Wildman–Crippen MR) is 122 cm³/mol. The molecule has 0 fully saturated rings. The maximum Gasteiger partial charge on any atom is 0.216 e. The van der Waals surface area contributed by atoms with E-state index in [0.29, 0.717) is 15.6 Å². The van der Waals surface area contributed by atoms with Gasteiger partial charge in [0.15, 0.2) is 5.82 Å². The second-order valence-electron chi connectivity index (χ2n) is 6.65. The third kappa shape index (κ3) is 3.24. The van der Waals surface area contributed by atoms with Gasteiger partial charge in [0.1, 0.15) is 0 Å². The van der Waals surface area contributed by atoms with E-state index in [2.05, 4.69) is 40.5 Å². The van der Waals surface area contributed by atoms with E-state index in [9.17, 15) is 0 Å². The highest BCUT2D eigenvalue weighted by molar-refractivity contribution is 7.71. The van der Waals surface area contributed by atoms with Crippen molar-refractivity contribution in [3.63, 3.8) is 0 Å². The van der Waals surface area contributed by atoms with Crippen LogP contribution in [0.5, 0.6) is 0 Å². The van der Waals surface area contributed by atoms with Gasteiger partial charge < -0.3 is 0 Å². The summed E-state index contributed by atoms with van der Waals surface area (Å²) in [5, 5.41) is 17.1. The highest BCUT2D eigenvalue weighted by Crippen LogP contribution is 2.27. The first-order valence-corrected chi connectivity index (χ1v) is 9.87. The van der Waals surface area contributed by atoms with Gasteiger partial charge in [-0.3, -0.25) is 0 Å². The summed E-state index contributed by atoms with van der Waals surface area (Å²) in [4.78, 5) is 0. The molecule has 1 heterocycles. The average Bonchev–Trinajstić information content (AvgIpc) is 3.12. The minimum atomic E-state index is 0.427. The van der Waals surface area contributed by atoms with Crippen LogP contribution < -0.4 is 0 Å². The van der Waals surface area contributed by atoms with Crippen LogP contribution in [0.1, 0.15) is 5.56 Å². The fourth-order valence-electron chi connectivity index (χ4n) is 3.49. The van der Waals surface area contributed by atoms with Crippen molar-refractivity contribution < 1.29 is 0 Å². The Morgan fingerprint density at radius 2 is 1.52 bits per heavy atom. The fraction of sp³-hybridized carbons (Fsp3) is 0. The number of nitrogens with zero attached hydrogens (tertiary/aromatic N) is 3. The fourth-order valence-corrected chi connectivity index (χ4v) is 3.79. The molecule has 0 unspecified atom stereocenters. The molecule has 0 aliphatic heterocycles. The summed E-state index contributed by atoms with van der Waals surface area (Å²) >= 11 is 11.4. The van der Waals surface area contributed by atoms with Crippen molar-refractivity contribution in [1.82, 2.24) is 14.9 Å². The lowest BCUT2D eigenvalue weighted by Crippen LogP contribution is -1.96. The number of H-pyrrole nitrogens is 1. The lowest BCUT2D eigenvalue weighted by atomic mass is 9.97. The van der Waals surface area contributed by atoms with Gasteiger partial charge in [-0.1, -0.05) is 60.1 Å². The van der Waals surface area contributed by atoms with Gasteiger partial charge in [0.25, 0.3) is 0 Å². The average molecular weight is 415 g/mol. The predicted octanol–water partition coefficient (Wildman–Crippen LogP) is 6.45. The number of aromatic nitrogens is 3. The van der Waals surface area contributed by atoms with Gasteiger partial charge >= 0.3 is 0 Å². The minimum absolute atomic E-state index is 0.427. The highest BCUT2D eigenvalue weighted by atomic mass is 35.5. The summed E-state index contributed by atoms with van der Waals surface area (Å²) in [6.07, 6.45) is 1.86. The van der Waals surface area contributed by atoms with Gasteiger partial charge in [-0.25, -0.2) is 5.10 Å². The maximum atomic E-state index is 6.01. The van der Waals surface area contributed by atoms with Crippen LogP contribution in [-0.2, 0) is 0 Å². The second-order valence-corrected chi connectivity index (χ2v) is 7.47. The van der Waals surface area contributed by atoms with Gasteiger partial charge in [-0.05, 0) is 64.1 Å². The number of nitrogens with one attached hydrogen (secondary N) is 1. The van der Waals surface area contributed by atoms with E-state index < -0.39 is 0 Å². The molecule has 0 bridgehead atoms. The number of hydrogen-bond donors (Lipinski definition) is 1. The van der Waals surface area contributed by atoms with Crippen LogP contribution in [0.15, 0.2) is 84.0 Å². The van der Waals surface area contributed by atoms with Crippen LogP contribution in [0.2, 0.25) is 5.02 Å². The quantitative estimate of drug-likeness (QED) is 0.209. The Morgan fingerprint density at radius 3 is 2.17 bits per heavy atom. The third-order valence-electron chi connectivity index (χ3n) is 4.87. The van der Waals surface area contributed by atoms with Gasteiger partial charge in [0, 0.05) is 16.1 Å². The number of halogens is 1. The molecule has 1 aromatic heterocycles. The molecule has 0 radical (unpaired) electrons. The zero-order valence-corrected chi connectivity index (χ0v) is 16.8. The first kappa shape index (κ1) is 17.8. The van der Waals surface area contributed by atoms with E-state index in [-0.39, 0.29) is 0 Å². The van der Waals surface area contributed by atoms with Crippen LogP contribution in [0.3, 0.4) is 0 Å². The number of benzene rings is 4. The van der Waals surface area contributed by atoms with Gasteiger partial charge in [-0.2, -0.15) is 14.9 Å². The monoisotopic (exact) mass is 414 g/mol. The van der Waals surface area contributed by atoms with Crippen LogP contribution in [0, 0.1) is 4.77 Å². The van der Waals surface area contributed by atoms with Crippen molar-refractivity contribution in [2.75, 3.05) is 0 Å². The van der Waals surface area contributed by atoms with Gasteiger partial charge in [0.05, 0.1) is 6.21 Å². The van der Waals surface area contributed by atoms with E-state index in [1.54, 1.807) is 4.68 Å². The van der Waals surface area contributed by atoms with E-state index in [4.69, 9.17) is 28.9 Å². The van der Waals surface area contributed by atoms with Crippen molar-refractivity contribution in [3.05, 3.63) is 94.2 Å². The van der Waals surface area contributed by atoms with Crippen molar-refractivity contribution in [1.29, 1.82) is 0 Å². The normalized spacial score (nSPS) is 11.6. The van der Waals surface area contributed by atoms with Crippen molar-refractivity contribution in [3.8, 4) is 11.4 Å². The molecule has 5 aromatic rings. The number of hydrogen-bond acceptors (Lipinski definition) is 3. The van der Waals surface area contributed by atoms with Crippen molar-refractivity contribution in [2.24, 2.45) is 5.10 Å². The van der Waals surface area contributed by atoms with Gasteiger partial charge in [-0.15, -0.1) is 0 Å². The molecule has 0 saturated carbocycles. The molecular formula is C23H15ClN4S. The highest BCUT2D eigenvalue weighted by Gasteiger charge is 2.09. The van der Waals surface area contributed by atoms with Crippen LogP contribution in [0.25, 0.3) is 32.9 Å². The Bertz CT molecular complexity index is 1380.